The lowest BCUT2D eigenvalue weighted by atomic mass is 10.2. The average molecular weight is 392 g/mol. The highest BCUT2D eigenvalue weighted by molar-refractivity contribution is 7.16. The quantitative estimate of drug-likeness (QED) is 0.593. The highest BCUT2D eigenvalue weighted by Crippen LogP contribution is 2.28. The lowest BCUT2D eigenvalue weighted by molar-refractivity contribution is -0.122. The first-order valence-electron chi connectivity index (χ1n) is 8.72. The fourth-order valence-corrected chi connectivity index (χ4v) is 3.34. The summed E-state index contributed by atoms with van der Waals surface area (Å²) in [5.74, 6) is 0.0532. The Bertz CT molecular complexity index is 980. The highest BCUT2D eigenvalue weighted by atomic mass is 32.1. The molecule has 2 aromatic carbocycles. The standard InChI is InChI=1S/C22H20N2O3S/c1-23-22(26)15-27-18-9-5-8-17(14-18)24-21(25)13-11-19-10-12-20(28-19)16-6-3-2-4-7-16/h2-14H,15H2,1H3,(H,23,26)(H,24,25)/b13-11+. The minimum atomic E-state index is -0.238. The molecule has 0 aliphatic heterocycles. The number of thiophene rings is 1. The third kappa shape index (κ3) is 5.56. The molecule has 1 heterocycles. The van der Waals surface area contributed by atoms with E-state index in [1.54, 1.807) is 48.7 Å². The van der Waals surface area contributed by atoms with Crippen molar-refractivity contribution in [2.24, 2.45) is 0 Å². The fourth-order valence-electron chi connectivity index (χ4n) is 2.43. The zero-order valence-corrected chi connectivity index (χ0v) is 16.2. The van der Waals surface area contributed by atoms with Crippen LogP contribution < -0.4 is 15.4 Å². The normalized spacial score (nSPS) is 10.6. The lowest BCUT2D eigenvalue weighted by Crippen LogP contribution is -2.24. The maximum atomic E-state index is 12.2. The minimum Gasteiger partial charge on any atom is -0.484 e. The molecule has 3 aromatic rings. The van der Waals surface area contributed by atoms with Crippen molar-refractivity contribution in [2.75, 3.05) is 19.0 Å². The molecular formula is C22H20N2O3S. The molecule has 0 fully saturated rings. The number of benzene rings is 2. The van der Waals surface area contributed by atoms with E-state index in [2.05, 4.69) is 22.8 Å². The number of rotatable bonds is 7. The van der Waals surface area contributed by atoms with Gasteiger partial charge in [-0.3, -0.25) is 9.59 Å². The monoisotopic (exact) mass is 392 g/mol. The van der Waals surface area contributed by atoms with Gasteiger partial charge in [0.25, 0.3) is 5.91 Å². The van der Waals surface area contributed by atoms with E-state index in [9.17, 15) is 9.59 Å². The number of carbonyl (C=O) groups excluding carboxylic acids is 2. The molecular weight excluding hydrogens is 372 g/mol. The van der Waals surface area contributed by atoms with Gasteiger partial charge in [0.1, 0.15) is 5.75 Å². The number of hydrogen-bond donors (Lipinski definition) is 2. The van der Waals surface area contributed by atoms with Crippen LogP contribution in [-0.4, -0.2) is 25.5 Å². The first-order valence-corrected chi connectivity index (χ1v) is 9.53. The van der Waals surface area contributed by atoms with Crippen molar-refractivity contribution in [1.82, 2.24) is 5.32 Å². The number of carbonyl (C=O) groups is 2. The SMILES string of the molecule is CNC(=O)COc1cccc(NC(=O)/C=C/c2ccc(-c3ccccc3)s2)c1. The van der Waals surface area contributed by atoms with E-state index < -0.39 is 0 Å². The Balaban J connectivity index is 1.58. The summed E-state index contributed by atoms with van der Waals surface area (Å²) in [6.45, 7) is -0.0735. The summed E-state index contributed by atoms with van der Waals surface area (Å²) >= 11 is 1.62. The zero-order chi connectivity index (χ0) is 19.8. The van der Waals surface area contributed by atoms with Crippen molar-refractivity contribution in [1.29, 1.82) is 0 Å². The third-order valence-electron chi connectivity index (χ3n) is 3.83. The molecule has 0 bridgehead atoms. The van der Waals surface area contributed by atoms with Crippen LogP contribution >= 0.6 is 11.3 Å². The van der Waals surface area contributed by atoms with Crippen LogP contribution in [0.2, 0.25) is 0 Å². The first kappa shape index (κ1) is 19.4. The van der Waals surface area contributed by atoms with Crippen LogP contribution in [0.3, 0.4) is 0 Å². The Morgan fingerprint density at radius 3 is 2.64 bits per heavy atom. The fraction of sp³-hybridized carbons (Fsp3) is 0.0909. The van der Waals surface area contributed by atoms with Gasteiger partial charge < -0.3 is 15.4 Å². The summed E-state index contributed by atoms with van der Waals surface area (Å²) in [5.41, 5.74) is 1.75. The Hall–Kier alpha value is -3.38. The molecule has 28 heavy (non-hydrogen) atoms. The van der Waals surface area contributed by atoms with Crippen molar-refractivity contribution in [2.45, 2.75) is 0 Å². The Labute approximate surface area is 167 Å². The van der Waals surface area contributed by atoms with E-state index in [0.29, 0.717) is 11.4 Å². The van der Waals surface area contributed by atoms with Crippen LogP contribution in [0.25, 0.3) is 16.5 Å². The van der Waals surface area contributed by atoms with Gasteiger partial charge in [-0.25, -0.2) is 0 Å². The summed E-state index contributed by atoms with van der Waals surface area (Å²) in [5, 5.41) is 5.28. The van der Waals surface area contributed by atoms with Crippen molar-refractivity contribution in [3.8, 4) is 16.2 Å². The maximum absolute atomic E-state index is 12.2. The Kier molecular flexibility index (Phi) is 6.59. The molecule has 0 atom stereocenters. The van der Waals surface area contributed by atoms with E-state index in [1.807, 2.05) is 30.3 Å². The molecule has 2 amide bonds. The zero-order valence-electron chi connectivity index (χ0n) is 15.3. The summed E-state index contributed by atoms with van der Waals surface area (Å²) < 4.78 is 5.38. The Morgan fingerprint density at radius 2 is 1.86 bits per heavy atom. The van der Waals surface area contributed by atoms with E-state index in [1.165, 1.54) is 6.08 Å². The summed E-state index contributed by atoms with van der Waals surface area (Å²) in [6.07, 6.45) is 3.29. The first-order chi connectivity index (χ1) is 13.6. The van der Waals surface area contributed by atoms with Gasteiger partial charge in [0.2, 0.25) is 5.91 Å². The second-order valence-corrected chi connectivity index (χ2v) is 7.00. The van der Waals surface area contributed by atoms with Crippen molar-refractivity contribution in [3.63, 3.8) is 0 Å². The predicted molar refractivity (Wildman–Crippen MR) is 113 cm³/mol. The second-order valence-electron chi connectivity index (χ2n) is 5.88. The van der Waals surface area contributed by atoms with E-state index >= 15 is 0 Å². The summed E-state index contributed by atoms with van der Waals surface area (Å²) in [7, 11) is 1.55. The molecule has 5 nitrogen and oxygen atoms in total. The molecule has 0 aliphatic rings. The number of likely N-dealkylation sites (N-methyl/N-ethyl adjacent to an activating group) is 1. The van der Waals surface area contributed by atoms with Crippen LogP contribution in [0.4, 0.5) is 5.69 Å². The molecule has 0 unspecified atom stereocenters. The molecule has 142 valence electrons. The molecule has 0 spiro atoms. The number of hydrogen-bond acceptors (Lipinski definition) is 4. The van der Waals surface area contributed by atoms with Crippen LogP contribution in [-0.2, 0) is 9.59 Å². The molecule has 0 aliphatic carbocycles. The minimum absolute atomic E-state index is 0.0735. The van der Waals surface area contributed by atoms with Crippen LogP contribution in [0, 0.1) is 0 Å². The number of ether oxygens (including phenoxy) is 1. The largest absolute Gasteiger partial charge is 0.484 e. The molecule has 0 saturated heterocycles. The van der Waals surface area contributed by atoms with Crippen molar-refractivity contribution < 1.29 is 14.3 Å². The number of nitrogens with one attached hydrogen (secondary N) is 2. The van der Waals surface area contributed by atoms with E-state index in [-0.39, 0.29) is 18.4 Å². The topological polar surface area (TPSA) is 67.4 Å². The van der Waals surface area contributed by atoms with Crippen LogP contribution in [0.15, 0.2) is 72.8 Å². The third-order valence-corrected chi connectivity index (χ3v) is 4.93. The molecule has 1 aromatic heterocycles. The van der Waals surface area contributed by atoms with Gasteiger partial charge in [0, 0.05) is 34.6 Å². The van der Waals surface area contributed by atoms with E-state index in [4.69, 9.17) is 4.74 Å². The highest BCUT2D eigenvalue weighted by Gasteiger charge is 2.04. The average Bonchev–Trinajstić information content (AvgIpc) is 3.20. The molecule has 2 N–H and O–H groups in total. The number of anilines is 1. The summed E-state index contributed by atoms with van der Waals surface area (Å²) in [4.78, 5) is 25.6. The van der Waals surface area contributed by atoms with E-state index in [0.717, 1.165) is 15.3 Å². The second kappa shape index (κ2) is 9.53. The smallest absolute Gasteiger partial charge is 0.257 e. The Morgan fingerprint density at radius 1 is 1.04 bits per heavy atom. The lowest BCUT2D eigenvalue weighted by Gasteiger charge is -2.07. The molecule has 6 heteroatoms. The molecule has 0 radical (unpaired) electrons. The van der Waals surface area contributed by atoms with Crippen molar-refractivity contribution >= 4 is 34.9 Å². The van der Waals surface area contributed by atoms with Gasteiger partial charge in [0.15, 0.2) is 6.61 Å². The maximum Gasteiger partial charge on any atom is 0.257 e. The van der Waals surface area contributed by atoms with Gasteiger partial charge >= 0.3 is 0 Å². The van der Waals surface area contributed by atoms with Crippen molar-refractivity contribution in [3.05, 3.63) is 77.7 Å². The predicted octanol–water partition coefficient (Wildman–Crippen LogP) is 4.19. The number of amides is 2. The molecule has 3 rings (SSSR count). The summed E-state index contributed by atoms with van der Waals surface area (Å²) in [6, 6.07) is 21.1. The van der Waals surface area contributed by atoms with Gasteiger partial charge in [-0.05, 0) is 35.9 Å². The van der Waals surface area contributed by atoms with Gasteiger partial charge in [0.05, 0.1) is 0 Å². The van der Waals surface area contributed by atoms with Crippen LogP contribution in [0.1, 0.15) is 4.88 Å². The molecule has 0 saturated carbocycles. The van der Waals surface area contributed by atoms with Crippen LogP contribution in [0.5, 0.6) is 5.75 Å². The van der Waals surface area contributed by atoms with Gasteiger partial charge in [-0.15, -0.1) is 11.3 Å². The van der Waals surface area contributed by atoms with Gasteiger partial charge in [-0.2, -0.15) is 0 Å². The van der Waals surface area contributed by atoms with Gasteiger partial charge in [-0.1, -0.05) is 36.4 Å².